The van der Waals surface area contributed by atoms with Gasteiger partial charge in [-0.05, 0) is 29.8 Å². The Bertz CT molecular complexity index is 620. The third-order valence-corrected chi connectivity index (χ3v) is 2.47. The second-order valence-corrected chi connectivity index (χ2v) is 3.69. The van der Waals surface area contributed by atoms with E-state index in [1.54, 1.807) is 0 Å². The van der Waals surface area contributed by atoms with E-state index in [1.165, 1.54) is 0 Å². The van der Waals surface area contributed by atoms with Crippen molar-refractivity contribution in [1.82, 2.24) is 4.98 Å². The zero-order valence-corrected chi connectivity index (χ0v) is 9.13. The molecule has 0 bridgehead atoms. The molecule has 0 aliphatic rings. The van der Waals surface area contributed by atoms with Crippen LogP contribution in [0.15, 0.2) is 52.9 Å². The number of benzene rings is 2. The zero-order chi connectivity index (χ0) is 11.5. The van der Waals surface area contributed by atoms with Gasteiger partial charge in [-0.25, -0.2) is 4.98 Å². The van der Waals surface area contributed by atoms with Crippen molar-refractivity contribution in [3.05, 3.63) is 66.1 Å². The van der Waals surface area contributed by atoms with Gasteiger partial charge in [0.1, 0.15) is 5.52 Å². The Morgan fingerprint density at radius 2 is 1.94 bits per heavy atom. The summed E-state index contributed by atoms with van der Waals surface area (Å²) in [4.78, 5) is 4.34. The molecule has 81 valence electrons. The number of fused-ring (bicyclic) bond motifs is 1. The molecule has 0 atom stereocenters. The van der Waals surface area contributed by atoms with Crippen LogP contribution in [0, 0.1) is 6.07 Å². The molecule has 0 N–H and O–H groups in total. The summed E-state index contributed by atoms with van der Waals surface area (Å²) < 4.78 is 5.57. The minimum atomic E-state index is 0.614. The molecule has 3 aromatic rings. The average Bonchev–Trinajstić information content (AvgIpc) is 2.80. The van der Waals surface area contributed by atoms with E-state index in [0.29, 0.717) is 5.89 Å². The molecule has 2 heteroatoms. The summed E-state index contributed by atoms with van der Waals surface area (Å²) in [6, 6.07) is 18.5. The molecule has 0 fully saturated rings. The fourth-order valence-corrected chi connectivity index (χ4v) is 1.64. The summed E-state index contributed by atoms with van der Waals surface area (Å²) in [6.45, 7) is 0. The summed E-state index contributed by atoms with van der Waals surface area (Å²) in [5.41, 5.74) is 2.75. The van der Waals surface area contributed by atoms with Crippen molar-refractivity contribution >= 4 is 23.3 Å². The summed E-state index contributed by atoms with van der Waals surface area (Å²) in [5.74, 6) is 0.614. The molecule has 0 amide bonds. The van der Waals surface area contributed by atoms with Gasteiger partial charge in [0.25, 0.3) is 0 Å². The van der Waals surface area contributed by atoms with Crippen LogP contribution in [0.4, 0.5) is 0 Å². The fourth-order valence-electron chi connectivity index (χ4n) is 1.64. The van der Waals surface area contributed by atoms with Crippen LogP contribution in [-0.2, 0) is 0 Å². The van der Waals surface area contributed by atoms with Gasteiger partial charge in [-0.2, -0.15) is 0 Å². The second kappa shape index (κ2) is 4.26. The molecule has 17 heavy (non-hydrogen) atoms. The van der Waals surface area contributed by atoms with Crippen LogP contribution < -0.4 is 0 Å². The number of aromatic nitrogens is 1. The predicted octanol–water partition coefficient (Wildman–Crippen LogP) is 3.80. The largest absolute Gasteiger partial charge is 0.437 e. The highest BCUT2D eigenvalue weighted by atomic mass is 16.3. The predicted molar refractivity (Wildman–Crippen MR) is 68.2 cm³/mol. The van der Waals surface area contributed by atoms with Gasteiger partial charge in [0.2, 0.25) is 5.89 Å². The zero-order valence-electron chi connectivity index (χ0n) is 9.13. The van der Waals surface area contributed by atoms with Gasteiger partial charge in [0.05, 0.1) is 0 Å². The summed E-state index contributed by atoms with van der Waals surface area (Å²) in [6.07, 6.45) is 3.85. The van der Waals surface area contributed by atoms with Gasteiger partial charge < -0.3 is 4.42 Å². The number of hydrogen-bond donors (Lipinski definition) is 0. The van der Waals surface area contributed by atoms with E-state index in [9.17, 15) is 0 Å². The number of hydrogen-bond acceptors (Lipinski definition) is 2. The standard InChI is InChI=1S/C15H10NO/c1-2-6-12(7-3-1)10-11-15-16-13-8-4-5-9-14(13)17-15/h1-3,5-11H/b11-10+. The van der Waals surface area contributed by atoms with Gasteiger partial charge in [-0.15, -0.1) is 0 Å². The first-order chi connectivity index (χ1) is 8.42. The Morgan fingerprint density at radius 1 is 1.06 bits per heavy atom. The lowest BCUT2D eigenvalue weighted by Gasteiger charge is -1.88. The normalized spacial score (nSPS) is 11.3. The SMILES string of the molecule is [c]1ccc2oc(/C=C/c3ccccc3)nc2c1. The van der Waals surface area contributed by atoms with Gasteiger partial charge >= 0.3 is 0 Å². The Hall–Kier alpha value is -2.35. The topological polar surface area (TPSA) is 26.0 Å². The summed E-state index contributed by atoms with van der Waals surface area (Å²) >= 11 is 0. The van der Waals surface area contributed by atoms with Crippen LogP contribution in [-0.4, -0.2) is 4.98 Å². The minimum absolute atomic E-state index is 0.614. The number of rotatable bonds is 2. The monoisotopic (exact) mass is 220 g/mol. The lowest BCUT2D eigenvalue weighted by atomic mass is 10.2. The second-order valence-electron chi connectivity index (χ2n) is 3.69. The molecule has 3 rings (SSSR count). The Labute approximate surface area is 99.2 Å². The van der Waals surface area contributed by atoms with Crippen molar-refractivity contribution in [3.8, 4) is 0 Å². The number of oxazole rings is 1. The fraction of sp³-hybridized carbons (Fsp3) is 0. The first kappa shape index (κ1) is 9.85. The van der Waals surface area contributed by atoms with Crippen molar-refractivity contribution in [2.75, 3.05) is 0 Å². The van der Waals surface area contributed by atoms with Gasteiger partial charge in [-0.1, -0.05) is 36.4 Å². The van der Waals surface area contributed by atoms with Crippen molar-refractivity contribution in [1.29, 1.82) is 0 Å². The van der Waals surface area contributed by atoms with Crippen molar-refractivity contribution in [3.63, 3.8) is 0 Å². The molecular formula is C15H10NO. The van der Waals surface area contributed by atoms with Crippen LogP contribution in [0.5, 0.6) is 0 Å². The Kier molecular flexibility index (Phi) is 2.47. The molecule has 2 nitrogen and oxygen atoms in total. The molecular weight excluding hydrogens is 210 g/mol. The van der Waals surface area contributed by atoms with Crippen molar-refractivity contribution < 1.29 is 4.42 Å². The molecule has 0 aliphatic heterocycles. The smallest absolute Gasteiger partial charge is 0.220 e. The molecule has 1 heterocycles. The van der Waals surface area contributed by atoms with Crippen molar-refractivity contribution in [2.24, 2.45) is 0 Å². The van der Waals surface area contributed by atoms with Gasteiger partial charge in [-0.3, -0.25) is 0 Å². The van der Waals surface area contributed by atoms with Crippen LogP contribution in [0.1, 0.15) is 11.5 Å². The highest BCUT2D eigenvalue weighted by Crippen LogP contribution is 2.16. The van der Waals surface area contributed by atoms with E-state index in [4.69, 9.17) is 4.42 Å². The summed E-state index contributed by atoms with van der Waals surface area (Å²) in [7, 11) is 0. The maximum Gasteiger partial charge on any atom is 0.220 e. The van der Waals surface area contributed by atoms with E-state index >= 15 is 0 Å². The molecule has 0 saturated carbocycles. The van der Waals surface area contributed by atoms with Crippen LogP contribution >= 0.6 is 0 Å². The summed E-state index contributed by atoms with van der Waals surface area (Å²) in [5, 5.41) is 0. The molecule has 0 aliphatic carbocycles. The van der Waals surface area contributed by atoms with Crippen LogP contribution in [0.2, 0.25) is 0 Å². The lowest BCUT2D eigenvalue weighted by molar-refractivity contribution is 0.589. The quantitative estimate of drug-likeness (QED) is 0.656. The van der Waals surface area contributed by atoms with E-state index < -0.39 is 0 Å². The molecule has 0 unspecified atom stereocenters. The Morgan fingerprint density at radius 3 is 2.76 bits per heavy atom. The van der Waals surface area contributed by atoms with Crippen LogP contribution in [0.3, 0.4) is 0 Å². The van der Waals surface area contributed by atoms with E-state index in [2.05, 4.69) is 11.1 Å². The van der Waals surface area contributed by atoms with Crippen LogP contribution in [0.25, 0.3) is 23.3 Å². The van der Waals surface area contributed by atoms with Gasteiger partial charge in [0, 0.05) is 6.08 Å². The maximum absolute atomic E-state index is 5.57. The maximum atomic E-state index is 5.57. The number of nitrogens with zero attached hydrogens (tertiary/aromatic N) is 1. The first-order valence-electron chi connectivity index (χ1n) is 5.41. The third-order valence-electron chi connectivity index (χ3n) is 2.47. The molecule has 1 radical (unpaired) electrons. The molecule has 0 spiro atoms. The third kappa shape index (κ3) is 2.11. The minimum Gasteiger partial charge on any atom is -0.437 e. The molecule has 0 saturated heterocycles. The lowest BCUT2D eigenvalue weighted by Crippen LogP contribution is -1.71. The first-order valence-corrected chi connectivity index (χ1v) is 5.41. The molecule has 1 aromatic heterocycles. The van der Waals surface area contributed by atoms with E-state index in [0.717, 1.165) is 16.7 Å². The molecule has 2 aromatic carbocycles. The highest BCUT2D eigenvalue weighted by Gasteiger charge is 2.00. The van der Waals surface area contributed by atoms with E-state index in [-0.39, 0.29) is 0 Å². The highest BCUT2D eigenvalue weighted by molar-refractivity contribution is 5.75. The Balaban J connectivity index is 1.92. The van der Waals surface area contributed by atoms with Crippen molar-refractivity contribution in [2.45, 2.75) is 0 Å². The van der Waals surface area contributed by atoms with E-state index in [1.807, 2.05) is 60.7 Å². The van der Waals surface area contributed by atoms with Gasteiger partial charge in [0.15, 0.2) is 5.58 Å². The average molecular weight is 220 g/mol.